The summed E-state index contributed by atoms with van der Waals surface area (Å²) >= 11 is 0. The van der Waals surface area contributed by atoms with E-state index in [-0.39, 0.29) is 25.0 Å². The number of urea groups is 1. The Morgan fingerprint density at radius 2 is 2.06 bits per heavy atom. The zero-order valence-electron chi connectivity index (χ0n) is 9.80. The predicted octanol–water partition coefficient (Wildman–Crippen LogP) is 0.0143. The molecule has 0 aromatic heterocycles. The smallest absolute Gasteiger partial charge is 0.326 e. The molecule has 1 unspecified atom stereocenters. The summed E-state index contributed by atoms with van der Waals surface area (Å²) in [5.41, 5.74) is 0. The molecule has 1 saturated heterocycles. The van der Waals surface area contributed by atoms with Gasteiger partial charge >= 0.3 is 12.0 Å². The Hall–Kier alpha value is -1.30. The van der Waals surface area contributed by atoms with Crippen LogP contribution < -0.4 is 5.32 Å². The molecule has 3 atom stereocenters. The van der Waals surface area contributed by atoms with E-state index in [1.807, 2.05) is 6.92 Å². The minimum atomic E-state index is -1.06. The summed E-state index contributed by atoms with van der Waals surface area (Å²) in [5, 5.41) is 21.2. The molecule has 2 aliphatic rings. The number of rotatable bonds is 3. The first kappa shape index (κ1) is 12.2. The maximum Gasteiger partial charge on any atom is 0.326 e. The quantitative estimate of drug-likeness (QED) is 0.650. The van der Waals surface area contributed by atoms with Gasteiger partial charge in [-0.3, -0.25) is 0 Å². The summed E-state index contributed by atoms with van der Waals surface area (Å²) in [5.74, 6) is -0.537. The van der Waals surface area contributed by atoms with Crippen LogP contribution in [-0.4, -0.2) is 51.8 Å². The molecule has 0 spiro atoms. The molecule has 2 fully saturated rings. The predicted molar refractivity (Wildman–Crippen MR) is 59.5 cm³/mol. The number of nitrogens with zero attached hydrogens (tertiary/aromatic N) is 1. The lowest BCUT2D eigenvalue weighted by Gasteiger charge is -2.24. The van der Waals surface area contributed by atoms with Gasteiger partial charge in [-0.05, 0) is 25.7 Å². The fourth-order valence-corrected chi connectivity index (χ4v) is 2.26. The van der Waals surface area contributed by atoms with Crippen molar-refractivity contribution < 1.29 is 19.8 Å². The first-order valence-corrected chi connectivity index (χ1v) is 5.97. The average Bonchev–Trinajstić information content (AvgIpc) is 3.01. The van der Waals surface area contributed by atoms with Gasteiger partial charge in [0.1, 0.15) is 6.04 Å². The van der Waals surface area contributed by atoms with E-state index in [9.17, 15) is 14.7 Å². The molecule has 2 amide bonds. The summed E-state index contributed by atoms with van der Waals surface area (Å²) < 4.78 is 0. The fourth-order valence-electron chi connectivity index (χ4n) is 2.26. The van der Waals surface area contributed by atoms with Gasteiger partial charge in [-0.1, -0.05) is 0 Å². The van der Waals surface area contributed by atoms with E-state index in [0.717, 1.165) is 12.8 Å². The number of hydrogen-bond acceptors (Lipinski definition) is 3. The molecule has 1 aliphatic heterocycles. The molecule has 1 aliphatic carbocycles. The van der Waals surface area contributed by atoms with Crippen molar-refractivity contribution in [1.29, 1.82) is 0 Å². The van der Waals surface area contributed by atoms with Crippen molar-refractivity contribution in [2.24, 2.45) is 5.92 Å². The Morgan fingerprint density at radius 3 is 2.59 bits per heavy atom. The highest BCUT2D eigenvalue weighted by atomic mass is 16.4. The number of β-amino-alcohol motifs (C(OH)–C–C–N with tert-alkyl or cyclic N) is 1. The Balaban J connectivity index is 1.94. The molecule has 1 heterocycles. The zero-order valence-corrected chi connectivity index (χ0v) is 9.80. The molecular weight excluding hydrogens is 224 g/mol. The number of aliphatic hydroxyl groups is 1. The average molecular weight is 242 g/mol. The summed E-state index contributed by atoms with van der Waals surface area (Å²) in [4.78, 5) is 24.1. The van der Waals surface area contributed by atoms with Crippen LogP contribution in [0.15, 0.2) is 0 Å². The highest BCUT2D eigenvalue weighted by molar-refractivity contribution is 5.83. The van der Waals surface area contributed by atoms with E-state index in [0.29, 0.717) is 5.92 Å². The monoisotopic (exact) mass is 242 g/mol. The van der Waals surface area contributed by atoms with Gasteiger partial charge in [-0.15, -0.1) is 0 Å². The van der Waals surface area contributed by atoms with Crippen LogP contribution in [0.3, 0.4) is 0 Å². The van der Waals surface area contributed by atoms with Gasteiger partial charge < -0.3 is 20.4 Å². The number of hydrogen-bond donors (Lipinski definition) is 3. The van der Waals surface area contributed by atoms with Crippen molar-refractivity contribution in [3.8, 4) is 0 Å². The number of carboxylic acids is 1. The fraction of sp³-hybridized carbons (Fsp3) is 0.818. The van der Waals surface area contributed by atoms with Crippen molar-refractivity contribution in [2.45, 2.75) is 44.4 Å². The first-order chi connectivity index (χ1) is 7.99. The van der Waals surface area contributed by atoms with E-state index in [4.69, 9.17) is 5.11 Å². The molecule has 96 valence electrons. The molecule has 17 heavy (non-hydrogen) atoms. The van der Waals surface area contributed by atoms with Gasteiger partial charge in [-0.2, -0.15) is 0 Å². The minimum absolute atomic E-state index is 0.0784. The number of carbonyl (C=O) groups is 2. The molecule has 6 nitrogen and oxygen atoms in total. The zero-order chi connectivity index (χ0) is 12.6. The lowest BCUT2D eigenvalue weighted by Crippen LogP contribution is -2.49. The van der Waals surface area contributed by atoms with Crippen LogP contribution in [0.5, 0.6) is 0 Å². The number of aliphatic carboxylic acids is 1. The van der Waals surface area contributed by atoms with Gasteiger partial charge in [0.15, 0.2) is 0 Å². The van der Waals surface area contributed by atoms with Crippen molar-refractivity contribution in [2.75, 3.05) is 6.54 Å². The summed E-state index contributed by atoms with van der Waals surface area (Å²) in [7, 11) is 0. The number of amides is 2. The highest BCUT2D eigenvalue weighted by Gasteiger charge is 2.40. The number of carboxylic acid groups (broad SMARTS) is 1. The van der Waals surface area contributed by atoms with Crippen LogP contribution in [0, 0.1) is 5.92 Å². The largest absolute Gasteiger partial charge is 0.480 e. The molecule has 2 rings (SSSR count). The Labute approximate surface area is 99.6 Å². The highest BCUT2D eigenvalue weighted by Crippen LogP contribution is 2.32. The summed E-state index contributed by atoms with van der Waals surface area (Å²) in [6, 6.07) is -1.21. The van der Waals surface area contributed by atoms with E-state index in [1.165, 1.54) is 4.90 Å². The van der Waals surface area contributed by atoms with Crippen LogP contribution in [0.25, 0.3) is 0 Å². The first-order valence-electron chi connectivity index (χ1n) is 5.97. The van der Waals surface area contributed by atoms with Gasteiger partial charge in [0.25, 0.3) is 0 Å². The Kier molecular flexibility index (Phi) is 3.24. The SMILES string of the molecule is CC(NC(=O)N1C[C@H](O)C[C@@H]1C(=O)O)C1CC1. The number of aliphatic hydroxyl groups excluding tert-OH is 1. The molecule has 0 aromatic carbocycles. The third kappa shape index (κ3) is 2.69. The summed E-state index contributed by atoms with van der Waals surface area (Å²) in [6.07, 6.45) is 1.61. The van der Waals surface area contributed by atoms with Crippen LogP contribution in [0.4, 0.5) is 4.79 Å². The third-order valence-corrected chi connectivity index (χ3v) is 3.51. The van der Waals surface area contributed by atoms with E-state index >= 15 is 0 Å². The molecule has 6 heteroatoms. The van der Waals surface area contributed by atoms with Crippen LogP contribution in [-0.2, 0) is 4.79 Å². The molecular formula is C11H18N2O4. The normalized spacial score (nSPS) is 30.1. The second-order valence-corrected chi connectivity index (χ2v) is 4.97. The van der Waals surface area contributed by atoms with Crippen LogP contribution in [0.1, 0.15) is 26.2 Å². The second-order valence-electron chi connectivity index (χ2n) is 4.97. The van der Waals surface area contributed by atoms with E-state index in [2.05, 4.69) is 5.32 Å². The molecule has 3 N–H and O–H groups in total. The molecule has 0 aromatic rings. The maximum atomic E-state index is 11.9. The van der Waals surface area contributed by atoms with Crippen molar-refractivity contribution >= 4 is 12.0 Å². The molecule has 0 radical (unpaired) electrons. The third-order valence-electron chi connectivity index (χ3n) is 3.51. The van der Waals surface area contributed by atoms with E-state index < -0.39 is 18.1 Å². The Morgan fingerprint density at radius 1 is 1.41 bits per heavy atom. The van der Waals surface area contributed by atoms with Crippen molar-refractivity contribution in [3.63, 3.8) is 0 Å². The lowest BCUT2D eigenvalue weighted by molar-refractivity contribution is -0.141. The number of likely N-dealkylation sites (tertiary alicyclic amines) is 1. The van der Waals surface area contributed by atoms with Crippen LogP contribution >= 0.6 is 0 Å². The molecule has 0 bridgehead atoms. The van der Waals surface area contributed by atoms with E-state index in [1.54, 1.807) is 0 Å². The van der Waals surface area contributed by atoms with Gasteiger partial charge in [0.2, 0.25) is 0 Å². The van der Waals surface area contributed by atoms with Gasteiger partial charge in [-0.25, -0.2) is 9.59 Å². The molecule has 1 saturated carbocycles. The van der Waals surface area contributed by atoms with Crippen LogP contribution in [0.2, 0.25) is 0 Å². The number of carbonyl (C=O) groups excluding carboxylic acids is 1. The standard InChI is InChI=1S/C11H18N2O4/c1-6(7-2-3-7)12-11(17)13-5-8(14)4-9(13)10(15)16/h6-9,14H,2-5H2,1H3,(H,12,17)(H,15,16)/t6?,8-,9-/m1/s1. The maximum absolute atomic E-state index is 11.9. The van der Waals surface area contributed by atoms with Gasteiger partial charge in [0, 0.05) is 19.0 Å². The second kappa shape index (κ2) is 4.52. The number of nitrogens with one attached hydrogen (secondary N) is 1. The summed E-state index contributed by atoms with van der Waals surface area (Å²) in [6.45, 7) is 2.03. The van der Waals surface area contributed by atoms with Crippen molar-refractivity contribution in [3.05, 3.63) is 0 Å². The van der Waals surface area contributed by atoms with Gasteiger partial charge in [0.05, 0.1) is 6.10 Å². The topological polar surface area (TPSA) is 89.9 Å². The van der Waals surface area contributed by atoms with Crippen molar-refractivity contribution in [1.82, 2.24) is 10.2 Å². The Bertz CT molecular complexity index is 329. The lowest BCUT2D eigenvalue weighted by atomic mass is 10.2. The minimum Gasteiger partial charge on any atom is -0.480 e.